The number of ether oxygens (including phenoxy) is 1. The molecule has 2 rings (SSSR count). The lowest BCUT2D eigenvalue weighted by Gasteiger charge is -2.11. The number of para-hydroxylation sites is 1. The number of halogens is 1. The summed E-state index contributed by atoms with van der Waals surface area (Å²) in [5.74, 6) is -0.980. The molecule has 0 heterocycles. The molecule has 0 radical (unpaired) electrons. The van der Waals surface area contributed by atoms with Crippen molar-refractivity contribution in [3.63, 3.8) is 0 Å². The normalized spacial score (nSPS) is 9.76. The predicted molar refractivity (Wildman–Crippen MR) is 76.2 cm³/mol. The monoisotopic (exact) mass is 284 g/mol. The highest BCUT2D eigenvalue weighted by Crippen LogP contribution is 2.18. The van der Waals surface area contributed by atoms with E-state index in [1.54, 1.807) is 36.4 Å². The summed E-state index contributed by atoms with van der Waals surface area (Å²) in [5.41, 5.74) is 1.78. The van der Waals surface area contributed by atoms with Crippen LogP contribution in [0.4, 0.5) is 10.1 Å². The Hall–Kier alpha value is -2.87. The van der Waals surface area contributed by atoms with E-state index in [0.717, 1.165) is 5.56 Å². The van der Waals surface area contributed by atoms with Crippen LogP contribution >= 0.6 is 0 Å². The molecule has 0 fully saturated rings. The second kappa shape index (κ2) is 6.53. The van der Waals surface area contributed by atoms with Crippen molar-refractivity contribution < 1.29 is 13.9 Å². The number of nitriles is 1. The van der Waals surface area contributed by atoms with Gasteiger partial charge >= 0.3 is 5.97 Å². The molecule has 0 atom stereocenters. The van der Waals surface area contributed by atoms with Gasteiger partial charge in [-0.05, 0) is 29.8 Å². The Morgan fingerprint density at radius 3 is 2.81 bits per heavy atom. The third-order valence-corrected chi connectivity index (χ3v) is 2.97. The summed E-state index contributed by atoms with van der Waals surface area (Å²) < 4.78 is 18.0. The van der Waals surface area contributed by atoms with Crippen LogP contribution in [0.5, 0.6) is 0 Å². The largest absolute Gasteiger partial charge is 0.465 e. The van der Waals surface area contributed by atoms with Gasteiger partial charge in [0.15, 0.2) is 0 Å². The van der Waals surface area contributed by atoms with Crippen molar-refractivity contribution in [2.75, 3.05) is 12.4 Å². The zero-order valence-electron chi connectivity index (χ0n) is 11.4. The molecular formula is C16H13FN2O2. The Morgan fingerprint density at radius 2 is 2.10 bits per heavy atom. The summed E-state index contributed by atoms with van der Waals surface area (Å²) in [6.07, 6.45) is 0. The summed E-state index contributed by atoms with van der Waals surface area (Å²) in [6, 6.07) is 13.0. The Kier molecular flexibility index (Phi) is 4.52. The molecule has 0 amide bonds. The van der Waals surface area contributed by atoms with Crippen LogP contribution in [0, 0.1) is 17.1 Å². The minimum Gasteiger partial charge on any atom is -0.465 e. The molecule has 5 heteroatoms. The van der Waals surface area contributed by atoms with Gasteiger partial charge in [-0.1, -0.05) is 18.2 Å². The third kappa shape index (κ3) is 3.37. The van der Waals surface area contributed by atoms with Crippen LogP contribution in [0.2, 0.25) is 0 Å². The number of methoxy groups -OCH3 is 1. The highest BCUT2D eigenvalue weighted by atomic mass is 19.1. The molecule has 0 aliphatic heterocycles. The van der Waals surface area contributed by atoms with Gasteiger partial charge in [-0.25, -0.2) is 9.18 Å². The molecule has 0 aromatic heterocycles. The molecule has 2 aromatic rings. The minimum absolute atomic E-state index is 0.00412. The van der Waals surface area contributed by atoms with Crippen molar-refractivity contribution in [2.45, 2.75) is 6.54 Å². The molecule has 1 N–H and O–H groups in total. The summed E-state index contributed by atoms with van der Waals surface area (Å²) in [5, 5.41) is 11.9. The van der Waals surface area contributed by atoms with Gasteiger partial charge in [0.2, 0.25) is 0 Å². The fourth-order valence-corrected chi connectivity index (χ4v) is 1.89. The van der Waals surface area contributed by atoms with Gasteiger partial charge in [0.1, 0.15) is 11.9 Å². The van der Waals surface area contributed by atoms with E-state index in [1.165, 1.54) is 19.2 Å². The van der Waals surface area contributed by atoms with Crippen LogP contribution in [0.3, 0.4) is 0 Å². The predicted octanol–water partition coefficient (Wildman–Crippen LogP) is 3.10. The van der Waals surface area contributed by atoms with Crippen LogP contribution in [0.1, 0.15) is 21.5 Å². The number of nitrogens with zero attached hydrogens (tertiary/aromatic N) is 1. The van der Waals surface area contributed by atoms with Crippen molar-refractivity contribution in [1.29, 1.82) is 5.26 Å². The van der Waals surface area contributed by atoms with E-state index in [1.807, 2.05) is 0 Å². The fraction of sp³-hybridized carbons (Fsp3) is 0.125. The Balaban J connectivity index is 2.17. The molecule has 21 heavy (non-hydrogen) atoms. The number of hydrogen-bond acceptors (Lipinski definition) is 4. The summed E-state index contributed by atoms with van der Waals surface area (Å²) >= 11 is 0. The van der Waals surface area contributed by atoms with Gasteiger partial charge in [-0.3, -0.25) is 0 Å². The zero-order valence-corrected chi connectivity index (χ0v) is 11.4. The maximum Gasteiger partial charge on any atom is 0.339 e. The molecule has 0 bridgehead atoms. The molecule has 106 valence electrons. The quantitative estimate of drug-likeness (QED) is 0.876. The highest BCUT2D eigenvalue weighted by molar-refractivity contribution is 5.95. The van der Waals surface area contributed by atoms with Crippen molar-refractivity contribution >= 4 is 11.7 Å². The van der Waals surface area contributed by atoms with Gasteiger partial charge in [-0.15, -0.1) is 0 Å². The van der Waals surface area contributed by atoms with E-state index < -0.39 is 11.8 Å². The molecule has 4 nitrogen and oxygen atoms in total. The van der Waals surface area contributed by atoms with Crippen molar-refractivity contribution in [1.82, 2.24) is 0 Å². The van der Waals surface area contributed by atoms with Crippen LogP contribution in [0.15, 0.2) is 42.5 Å². The summed E-state index contributed by atoms with van der Waals surface area (Å²) in [6.45, 7) is 0.364. The lowest BCUT2D eigenvalue weighted by atomic mass is 10.1. The van der Waals surface area contributed by atoms with Gasteiger partial charge in [0, 0.05) is 12.2 Å². The number of hydrogen-bond donors (Lipinski definition) is 1. The first-order valence-corrected chi connectivity index (χ1v) is 6.25. The molecular weight excluding hydrogens is 271 g/mol. The van der Waals surface area contributed by atoms with Crippen molar-refractivity contribution in [3.8, 4) is 6.07 Å². The first-order valence-electron chi connectivity index (χ1n) is 6.25. The highest BCUT2D eigenvalue weighted by Gasteiger charge is 2.10. The molecule has 0 aliphatic rings. The standard InChI is InChI=1S/C16H13FN2O2/c1-21-16(20)13-4-2-3-5-15(13)19-10-11-6-7-14(17)12(8-11)9-18/h2-8,19H,10H2,1H3. The number of esters is 1. The maximum atomic E-state index is 13.2. The van der Waals surface area contributed by atoms with Gasteiger partial charge < -0.3 is 10.1 Å². The van der Waals surface area contributed by atoms with E-state index in [2.05, 4.69) is 5.32 Å². The second-order valence-electron chi connectivity index (χ2n) is 4.32. The lowest BCUT2D eigenvalue weighted by Crippen LogP contribution is -2.08. The first-order chi connectivity index (χ1) is 10.2. The topological polar surface area (TPSA) is 62.1 Å². The van der Waals surface area contributed by atoms with Crippen LogP contribution in [0.25, 0.3) is 0 Å². The van der Waals surface area contributed by atoms with Gasteiger partial charge in [-0.2, -0.15) is 5.26 Å². The van der Waals surface area contributed by atoms with Crippen molar-refractivity contribution in [3.05, 3.63) is 65.0 Å². The van der Waals surface area contributed by atoms with E-state index in [9.17, 15) is 9.18 Å². The second-order valence-corrected chi connectivity index (χ2v) is 4.32. The molecule has 0 saturated heterocycles. The molecule has 0 spiro atoms. The van der Waals surface area contributed by atoms with Crippen molar-refractivity contribution in [2.24, 2.45) is 0 Å². The molecule has 0 unspecified atom stereocenters. The van der Waals surface area contributed by atoms with E-state index in [4.69, 9.17) is 10.00 Å². The van der Waals surface area contributed by atoms with Gasteiger partial charge in [0.25, 0.3) is 0 Å². The van der Waals surface area contributed by atoms with Gasteiger partial charge in [0.05, 0.1) is 18.2 Å². The number of carbonyl (C=O) groups is 1. The summed E-state index contributed by atoms with van der Waals surface area (Å²) in [7, 11) is 1.32. The minimum atomic E-state index is -0.545. The number of anilines is 1. The van der Waals surface area contributed by atoms with E-state index in [-0.39, 0.29) is 5.56 Å². The molecule has 2 aromatic carbocycles. The van der Waals surface area contributed by atoms with Crippen LogP contribution < -0.4 is 5.32 Å². The smallest absolute Gasteiger partial charge is 0.339 e. The molecule has 0 aliphatic carbocycles. The number of carbonyl (C=O) groups excluding carboxylic acids is 1. The third-order valence-electron chi connectivity index (χ3n) is 2.97. The number of benzene rings is 2. The molecule has 0 saturated carbocycles. The van der Waals surface area contributed by atoms with E-state index in [0.29, 0.717) is 17.8 Å². The lowest BCUT2D eigenvalue weighted by molar-refractivity contribution is 0.0602. The Morgan fingerprint density at radius 1 is 1.33 bits per heavy atom. The average Bonchev–Trinajstić information content (AvgIpc) is 2.53. The van der Waals surface area contributed by atoms with E-state index >= 15 is 0 Å². The summed E-state index contributed by atoms with van der Waals surface area (Å²) in [4.78, 5) is 11.6. The van der Waals surface area contributed by atoms with Crippen LogP contribution in [-0.4, -0.2) is 13.1 Å². The average molecular weight is 284 g/mol. The maximum absolute atomic E-state index is 13.2. The Bertz CT molecular complexity index is 708. The Labute approximate surface area is 121 Å². The number of rotatable bonds is 4. The SMILES string of the molecule is COC(=O)c1ccccc1NCc1ccc(F)c(C#N)c1. The van der Waals surface area contributed by atoms with Crippen LogP contribution in [-0.2, 0) is 11.3 Å². The zero-order chi connectivity index (χ0) is 15.2. The fourth-order valence-electron chi connectivity index (χ4n) is 1.89. The number of nitrogens with one attached hydrogen (secondary N) is 1. The first kappa shape index (κ1) is 14.5.